The molecular weight excluding hydrogens is 363 g/mol. The summed E-state index contributed by atoms with van der Waals surface area (Å²) in [6.07, 6.45) is 0. The van der Waals surface area contributed by atoms with E-state index in [-0.39, 0.29) is 14.9 Å². The lowest BCUT2D eigenvalue weighted by Gasteiger charge is -2.06. The van der Waals surface area contributed by atoms with Gasteiger partial charge in [0.15, 0.2) is 0 Å². The van der Waals surface area contributed by atoms with E-state index in [9.17, 15) is 17.6 Å². The maximum absolute atomic E-state index is 13.4. The number of hydrogen-bond acceptors (Lipinski definition) is 3. The SMILES string of the molecule is NS(=O)(=O)c1ccc(NC(=O)c2ccc(Br)c(F)c2)cc1. The van der Waals surface area contributed by atoms with Crippen LogP contribution in [0.1, 0.15) is 10.4 Å². The molecule has 2 aromatic carbocycles. The molecule has 21 heavy (non-hydrogen) atoms. The first kappa shape index (κ1) is 15.6. The number of carbonyl (C=O) groups excluding carboxylic acids is 1. The Bertz CT molecular complexity index is 792. The normalized spacial score (nSPS) is 11.2. The van der Waals surface area contributed by atoms with Crippen molar-refractivity contribution in [1.29, 1.82) is 0 Å². The van der Waals surface area contributed by atoms with Gasteiger partial charge in [-0.2, -0.15) is 0 Å². The minimum atomic E-state index is -3.78. The Morgan fingerprint density at radius 1 is 1.14 bits per heavy atom. The summed E-state index contributed by atoms with van der Waals surface area (Å²) in [5.74, 6) is -1.06. The van der Waals surface area contributed by atoms with E-state index >= 15 is 0 Å². The molecule has 0 unspecified atom stereocenters. The molecule has 0 atom stereocenters. The molecule has 0 fully saturated rings. The van der Waals surface area contributed by atoms with E-state index in [2.05, 4.69) is 21.2 Å². The number of hydrogen-bond donors (Lipinski definition) is 2. The predicted octanol–water partition coefficient (Wildman–Crippen LogP) is 2.49. The molecular formula is C13H10BrFN2O3S. The molecule has 0 bridgehead atoms. The molecule has 2 aromatic rings. The Balaban J connectivity index is 2.18. The molecule has 5 nitrogen and oxygen atoms in total. The van der Waals surface area contributed by atoms with Crippen molar-refractivity contribution < 1.29 is 17.6 Å². The van der Waals surface area contributed by atoms with E-state index in [1.54, 1.807) is 0 Å². The molecule has 0 saturated heterocycles. The number of rotatable bonds is 3. The van der Waals surface area contributed by atoms with Gasteiger partial charge in [-0.15, -0.1) is 0 Å². The standard InChI is InChI=1S/C13H10BrFN2O3S/c14-11-6-1-8(7-12(11)15)13(18)17-9-2-4-10(5-3-9)21(16,19)20/h1-7H,(H,17,18)(H2,16,19,20). The second-order valence-electron chi connectivity index (χ2n) is 4.15. The topological polar surface area (TPSA) is 89.3 Å². The number of carbonyl (C=O) groups is 1. The van der Waals surface area contributed by atoms with Gasteiger partial charge in [0.25, 0.3) is 5.91 Å². The Hall–Kier alpha value is -1.77. The predicted molar refractivity (Wildman–Crippen MR) is 79.9 cm³/mol. The number of amides is 1. The van der Waals surface area contributed by atoms with Gasteiger partial charge in [-0.3, -0.25) is 4.79 Å². The molecule has 110 valence electrons. The maximum Gasteiger partial charge on any atom is 0.255 e. The molecule has 0 aliphatic rings. The van der Waals surface area contributed by atoms with E-state index in [4.69, 9.17) is 5.14 Å². The lowest BCUT2D eigenvalue weighted by atomic mass is 10.2. The molecule has 2 rings (SSSR count). The number of nitrogens with one attached hydrogen (secondary N) is 1. The molecule has 0 heterocycles. The average Bonchev–Trinajstić information content (AvgIpc) is 2.41. The number of anilines is 1. The Morgan fingerprint density at radius 2 is 1.76 bits per heavy atom. The van der Waals surface area contributed by atoms with Crippen LogP contribution in [0, 0.1) is 5.82 Å². The van der Waals surface area contributed by atoms with Crippen LogP contribution in [0.5, 0.6) is 0 Å². The van der Waals surface area contributed by atoms with Gasteiger partial charge in [-0.1, -0.05) is 0 Å². The molecule has 0 spiro atoms. The van der Waals surface area contributed by atoms with Gasteiger partial charge in [-0.05, 0) is 58.4 Å². The third-order valence-corrected chi connectivity index (χ3v) is 4.19. The Kier molecular flexibility index (Phi) is 4.40. The first-order valence-electron chi connectivity index (χ1n) is 5.66. The van der Waals surface area contributed by atoms with Crippen molar-refractivity contribution >= 4 is 37.5 Å². The second-order valence-corrected chi connectivity index (χ2v) is 6.57. The number of halogens is 2. The van der Waals surface area contributed by atoms with Gasteiger partial charge in [0.1, 0.15) is 5.82 Å². The van der Waals surface area contributed by atoms with Crippen LogP contribution in [-0.4, -0.2) is 14.3 Å². The number of sulfonamides is 1. The summed E-state index contributed by atoms with van der Waals surface area (Å²) < 4.78 is 35.8. The summed E-state index contributed by atoms with van der Waals surface area (Å²) in [7, 11) is -3.78. The molecule has 0 radical (unpaired) electrons. The number of primary sulfonamides is 1. The van der Waals surface area contributed by atoms with Crippen molar-refractivity contribution in [2.75, 3.05) is 5.32 Å². The fourth-order valence-corrected chi connectivity index (χ4v) is 2.33. The number of benzene rings is 2. The molecule has 0 aromatic heterocycles. The van der Waals surface area contributed by atoms with Gasteiger partial charge in [-0.25, -0.2) is 17.9 Å². The maximum atomic E-state index is 13.4. The molecule has 8 heteroatoms. The van der Waals surface area contributed by atoms with E-state index in [1.807, 2.05) is 0 Å². The van der Waals surface area contributed by atoms with Crippen LogP contribution >= 0.6 is 15.9 Å². The summed E-state index contributed by atoms with van der Waals surface area (Å²) in [6.45, 7) is 0. The Labute approximate surface area is 129 Å². The van der Waals surface area contributed by atoms with Gasteiger partial charge in [0.05, 0.1) is 9.37 Å². The molecule has 0 aliphatic heterocycles. The first-order valence-corrected chi connectivity index (χ1v) is 8.00. The van der Waals surface area contributed by atoms with Crippen LogP contribution in [0.3, 0.4) is 0 Å². The summed E-state index contributed by atoms with van der Waals surface area (Å²) in [6, 6.07) is 9.31. The Morgan fingerprint density at radius 3 is 2.29 bits per heavy atom. The van der Waals surface area contributed by atoms with Crippen molar-refractivity contribution in [2.24, 2.45) is 5.14 Å². The van der Waals surface area contributed by atoms with Crippen LogP contribution in [0.25, 0.3) is 0 Å². The van der Waals surface area contributed by atoms with Gasteiger partial charge in [0, 0.05) is 11.3 Å². The van der Waals surface area contributed by atoms with E-state index in [0.717, 1.165) is 6.07 Å². The van der Waals surface area contributed by atoms with Crippen molar-refractivity contribution in [2.45, 2.75) is 4.90 Å². The quantitative estimate of drug-likeness (QED) is 0.866. The average molecular weight is 373 g/mol. The minimum absolute atomic E-state index is 0.0600. The number of nitrogens with two attached hydrogens (primary N) is 1. The largest absolute Gasteiger partial charge is 0.322 e. The van der Waals surface area contributed by atoms with Crippen LogP contribution in [0.2, 0.25) is 0 Å². The van der Waals surface area contributed by atoms with E-state index in [1.165, 1.54) is 36.4 Å². The van der Waals surface area contributed by atoms with E-state index in [0.29, 0.717) is 5.69 Å². The van der Waals surface area contributed by atoms with Gasteiger partial charge in [0.2, 0.25) is 10.0 Å². The lowest BCUT2D eigenvalue weighted by Crippen LogP contribution is -2.14. The van der Waals surface area contributed by atoms with Crippen LogP contribution in [-0.2, 0) is 10.0 Å². The zero-order valence-corrected chi connectivity index (χ0v) is 12.9. The fraction of sp³-hybridized carbons (Fsp3) is 0. The van der Waals surface area contributed by atoms with E-state index < -0.39 is 21.7 Å². The summed E-state index contributed by atoms with van der Waals surface area (Å²) in [5, 5.41) is 7.50. The smallest absolute Gasteiger partial charge is 0.255 e. The van der Waals surface area contributed by atoms with Crippen molar-refractivity contribution in [3.63, 3.8) is 0 Å². The summed E-state index contributed by atoms with van der Waals surface area (Å²) in [4.78, 5) is 11.9. The highest BCUT2D eigenvalue weighted by molar-refractivity contribution is 9.10. The van der Waals surface area contributed by atoms with Crippen LogP contribution < -0.4 is 10.5 Å². The molecule has 0 saturated carbocycles. The highest BCUT2D eigenvalue weighted by Gasteiger charge is 2.10. The van der Waals surface area contributed by atoms with Crippen LogP contribution in [0.4, 0.5) is 10.1 Å². The molecule has 1 amide bonds. The first-order chi connectivity index (χ1) is 9.77. The highest BCUT2D eigenvalue weighted by Crippen LogP contribution is 2.18. The minimum Gasteiger partial charge on any atom is -0.322 e. The summed E-state index contributed by atoms with van der Waals surface area (Å²) in [5.41, 5.74) is 0.516. The van der Waals surface area contributed by atoms with Crippen molar-refractivity contribution in [3.05, 3.63) is 58.3 Å². The monoisotopic (exact) mass is 372 g/mol. The second kappa shape index (κ2) is 5.92. The third kappa shape index (κ3) is 3.87. The van der Waals surface area contributed by atoms with Crippen molar-refractivity contribution in [1.82, 2.24) is 0 Å². The van der Waals surface area contributed by atoms with Gasteiger partial charge < -0.3 is 5.32 Å². The fourth-order valence-electron chi connectivity index (χ4n) is 1.57. The third-order valence-electron chi connectivity index (χ3n) is 2.62. The van der Waals surface area contributed by atoms with Gasteiger partial charge >= 0.3 is 0 Å². The van der Waals surface area contributed by atoms with Crippen molar-refractivity contribution in [3.8, 4) is 0 Å². The summed E-state index contributed by atoms with van der Waals surface area (Å²) >= 11 is 3.00. The zero-order chi connectivity index (χ0) is 15.6. The van der Waals surface area contributed by atoms with Crippen LogP contribution in [0.15, 0.2) is 51.8 Å². The lowest BCUT2D eigenvalue weighted by molar-refractivity contribution is 0.102. The molecule has 0 aliphatic carbocycles. The zero-order valence-electron chi connectivity index (χ0n) is 10.5. The molecule has 3 N–H and O–H groups in total. The highest BCUT2D eigenvalue weighted by atomic mass is 79.9.